The molecule has 1 rings (SSSR count). The number of nitrogens with zero attached hydrogens (tertiary/aromatic N) is 1. The number of benzene rings is 1. The molecule has 0 saturated carbocycles. The molecule has 0 aliphatic carbocycles. The van der Waals surface area contributed by atoms with E-state index in [9.17, 15) is 14.5 Å². The standard InChI is InChI=1S/C6H2BClFNO2/c7-3-1-4(8)6(9)5(2-3)10(11)12/h1-2H. The first-order valence-corrected chi connectivity index (χ1v) is 3.29. The molecular formula is C6H2BClFNO2. The van der Waals surface area contributed by atoms with E-state index >= 15 is 0 Å². The van der Waals surface area contributed by atoms with Crippen molar-refractivity contribution < 1.29 is 9.31 Å². The summed E-state index contributed by atoms with van der Waals surface area (Å²) in [7, 11) is 5.21. The molecule has 2 radical (unpaired) electrons. The highest BCUT2D eigenvalue weighted by atomic mass is 35.5. The van der Waals surface area contributed by atoms with E-state index in [4.69, 9.17) is 19.4 Å². The molecule has 0 bridgehead atoms. The zero-order chi connectivity index (χ0) is 9.30. The zero-order valence-corrected chi connectivity index (χ0v) is 6.51. The summed E-state index contributed by atoms with van der Waals surface area (Å²) in [5, 5.41) is 9.83. The van der Waals surface area contributed by atoms with Crippen molar-refractivity contribution in [2.24, 2.45) is 0 Å². The van der Waals surface area contributed by atoms with E-state index in [1.165, 1.54) is 0 Å². The molecule has 3 nitrogen and oxygen atoms in total. The lowest BCUT2D eigenvalue weighted by Crippen LogP contribution is -2.05. The Balaban J connectivity index is 3.37. The van der Waals surface area contributed by atoms with E-state index < -0.39 is 16.4 Å². The van der Waals surface area contributed by atoms with Gasteiger partial charge in [-0.15, -0.1) is 0 Å². The third-order valence-electron chi connectivity index (χ3n) is 1.23. The minimum atomic E-state index is -1.06. The third kappa shape index (κ3) is 1.56. The fourth-order valence-electron chi connectivity index (χ4n) is 0.728. The van der Waals surface area contributed by atoms with Crippen molar-refractivity contribution in [3.05, 3.63) is 33.1 Å². The minimum Gasteiger partial charge on any atom is -0.258 e. The monoisotopic (exact) mass is 185 g/mol. The van der Waals surface area contributed by atoms with Crippen LogP contribution in [0.3, 0.4) is 0 Å². The Bertz CT molecular complexity index is 345. The predicted molar refractivity (Wildman–Crippen MR) is 43.5 cm³/mol. The Morgan fingerprint density at radius 2 is 2.17 bits per heavy atom. The second kappa shape index (κ2) is 3.10. The van der Waals surface area contributed by atoms with Crippen molar-refractivity contribution >= 4 is 30.6 Å². The smallest absolute Gasteiger partial charge is 0.258 e. The molecule has 0 saturated heterocycles. The van der Waals surface area contributed by atoms with Gasteiger partial charge in [0.05, 0.1) is 9.95 Å². The van der Waals surface area contributed by atoms with Crippen LogP contribution in [0, 0.1) is 15.9 Å². The molecule has 6 heteroatoms. The summed E-state index contributed by atoms with van der Waals surface area (Å²) in [6.07, 6.45) is 0. The summed E-state index contributed by atoms with van der Waals surface area (Å²) in [5.74, 6) is -1.06. The lowest BCUT2D eigenvalue weighted by molar-refractivity contribution is -0.387. The molecule has 0 aliphatic heterocycles. The summed E-state index contributed by atoms with van der Waals surface area (Å²) in [6.45, 7) is 0. The number of hydrogen-bond acceptors (Lipinski definition) is 2. The van der Waals surface area contributed by atoms with E-state index in [1.807, 2.05) is 0 Å². The van der Waals surface area contributed by atoms with Crippen LogP contribution >= 0.6 is 11.6 Å². The third-order valence-corrected chi connectivity index (χ3v) is 1.50. The fourth-order valence-corrected chi connectivity index (χ4v) is 0.951. The molecule has 0 amide bonds. The van der Waals surface area contributed by atoms with Gasteiger partial charge in [-0.1, -0.05) is 17.1 Å². The van der Waals surface area contributed by atoms with Crippen molar-refractivity contribution in [1.82, 2.24) is 0 Å². The normalized spacial score (nSPS) is 9.83. The average Bonchev–Trinajstić information content (AvgIpc) is 1.96. The maximum Gasteiger partial charge on any atom is 0.305 e. The van der Waals surface area contributed by atoms with Gasteiger partial charge in [0, 0.05) is 6.07 Å². The molecule has 0 fully saturated rings. The van der Waals surface area contributed by atoms with E-state index in [1.54, 1.807) is 0 Å². The maximum atomic E-state index is 12.8. The van der Waals surface area contributed by atoms with Crippen molar-refractivity contribution in [2.75, 3.05) is 0 Å². The number of nitro groups is 1. The van der Waals surface area contributed by atoms with E-state index in [0.29, 0.717) is 0 Å². The van der Waals surface area contributed by atoms with Crippen LogP contribution in [0.2, 0.25) is 5.02 Å². The Morgan fingerprint density at radius 1 is 1.58 bits per heavy atom. The second-order valence-corrected chi connectivity index (χ2v) is 2.50. The molecule has 0 N–H and O–H groups in total. The van der Waals surface area contributed by atoms with Crippen molar-refractivity contribution in [2.45, 2.75) is 0 Å². The SMILES string of the molecule is [B]c1cc(Cl)c(F)c([N+](=O)[O-])c1. The number of nitro benzene ring substituents is 1. The molecule has 0 spiro atoms. The van der Waals surface area contributed by atoms with Gasteiger partial charge in [0.25, 0.3) is 0 Å². The maximum absolute atomic E-state index is 12.8. The number of rotatable bonds is 1. The van der Waals surface area contributed by atoms with Crippen LogP contribution in [0.4, 0.5) is 10.1 Å². The van der Waals surface area contributed by atoms with Crippen LogP contribution in [0.15, 0.2) is 12.1 Å². The van der Waals surface area contributed by atoms with Crippen LogP contribution in [0.5, 0.6) is 0 Å². The molecule has 1 aromatic rings. The molecule has 60 valence electrons. The van der Waals surface area contributed by atoms with Crippen molar-refractivity contribution in [3.8, 4) is 0 Å². The van der Waals surface area contributed by atoms with Gasteiger partial charge in [-0.2, -0.15) is 4.39 Å². The van der Waals surface area contributed by atoms with Crippen LogP contribution in [0.1, 0.15) is 0 Å². The molecule has 0 aliphatic rings. The highest BCUT2D eigenvalue weighted by Crippen LogP contribution is 2.22. The van der Waals surface area contributed by atoms with Crippen LogP contribution in [-0.4, -0.2) is 12.8 Å². The predicted octanol–water partition coefficient (Wildman–Crippen LogP) is 1.18. The quantitative estimate of drug-likeness (QED) is 0.374. The number of hydrogen-bond donors (Lipinski definition) is 0. The van der Waals surface area contributed by atoms with Gasteiger partial charge in [-0.05, 0) is 6.07 Å². The lowest BCUT2D eigenvalue weighted by atomic mass is 9.96. The molecule has 12 heavy (non-hydrogen) atoms. The van der Waals surface area contributed by atoms with Crippen molar-refractivity contribution in [1.29, 1.82) is 0 Å². The summed E-state index contributed by atoms with van der Waals surface area (Å²) in [4.78, 5) is 9.30. The second-order valence-electron chi connectivity index (χ2n) is 2.09. The highest BCUT2D eigenvalue weighted by molar-refractivity contribution is 6.36. The van der Waals surface area contributed by atoms with E-state index in [-0.39, 0.29) is 10.5 Å². The summed E-state index contributed by atoms with van der Waals surface area (Å²) in [5.41, 5.74) is -0.645. The first-order chi connectivity index (χ1) is 5.52. The van der Waals surface area contributed by atoms with Gasteiger partial charge in [0.1, 0.15) is 7.85 Å². The Morgan fingerprint density at radius 3 is 2.67 bits per heavy atom. The summed E-state index contributed by atoms with van der Waals surface area (Å²) >= 11 is 5.30. The molecule has 0 aromatic heterocycles. The van der Waals surface area contributed by atoms with Gasteiger partial charge in [0.2, 0.25) is 5.82 Å². The van der Waals surface area contributed by atoms with E-state index in [2.05, 4.69) is 0 Å². The van der Waals surface area contributed by atoms with Gasteiger partial charge >= 0.3 is 5.69 Å². The molecule has 0 atom stereocenters. The Kier molecular flexibility index (Phi) is 2.33. The van der Waals surface area contributed by atoms with Crippen LogP contribution in [-0.2, 0) is 0 Å². The van der Waals surface area contributed by atoms with Crippen LogP contribution < -0.4 is 5.46 Å². The first kappa shape index (κ1) is 9.00. The highest BCUT2D eigenvalue weighted by Gasteiger charge is 2.16. The zero-order valence-electron chi connectivity index (χ0n) is 5.75. The summed E-state index contributed by atoms with van der Waals surface area (Å²) in [6, 6.07) is 2.03. The fraction of sp³-hybridized carbons (Fsp3) is 0. The average molecular weight is 185 g/mol. The molecule has 0 unspecified atom stereocenters. The molecular weight excluding hydrogens is 183 g/mol. The minimum absolute atomic E-state index is 0.0631. The lowest BCUT2D eigenvalue weighted by Gasteiger charge is -1.97. The molecule has 0 heterocycles. The van der Waals surface area contributed by atoms with Gasteiger partial charge < -0.3 is 0 Å². The van der Waals surface area contributed by atoms with Gasteiger partial charge in [-0.3, -0.25) is 10.1 Å². The Hall–Kier alpha value is -1.10. The molecule has 1 aromatic carbocycles. The topological polar surface area (TPSA) is 43.1 Å². The Labute approximate surface area is 73.7 Å². The largest absolute Gasteiger partial charge is 0.305 e. The number of halogens is 2. The van der Waals surface area contributed by atoms with Gasteiger partial charge in [-0.25, -0.2) is 0 Å². The first-order valence-electron chi connectivity index (χ1n) is 2.91. The van der Waals surface area contributed by atoms with Gasteiger partial charge in [0.15, 0.2) is 0 Å². The van der Waals surface area contributed by atoms with Crippen LogP contribution in [0.25, 0.3) is 0 Å². The van der Waals surface area contributed by atoms with E-state index in [0.717, 1.165) is 12.1 Å². The van der Waals surface area contributed by atoms with Crippen molar-refractivity contribution in [3.63, 3.8) is 0 Å². The summed E-state index contributed by atoms with van der Waals surface area (Å²) < 4.78 is 12.8.